The lowest BCUT2D eigenvalue weighted by molar-refractivity contribution is -0.143. The Kier molecular flexibility index (Phi) is 3.96. The van der Waals surface area contributed by atoms with Crippen molar-refractivity contribution >= 4 is 17.4 Å². The fourth-order valence-electron chi connectivity index (χ4n) is 5.76. The topological polar surface area (TPSA) is 63.0 Å². The SMILES string of the molecule is Cc1cnn2c(N3CCC4(CC3)O[C@]3(C)CC[C@@H](c5ccccc5)N3C4=O)ccnc12. The predicted octanol–water partition coefficient (Wildman–Crippen LogP) is 3.49. The maximum Gasteiger partial charge on any atom is 0.257 e. The Morgan fingerprint density at radius 2 is 1.87 bits per heavy atom. The number of rotatable bonds is 2. The molecular weight excluding hydrogens is 390 g/mol. The number of carbonyl (C=O) groups excluding carboxylic acids is 1. The summed E-state index contributed by atoms with van der Waals surface area (Å²) in [6.07, 6.45) is 6.87. The number of hydrogen-bond acceptors (Lipinski definition) is 5. The summed E-state index contributed by atoms with van der Waals surface area (Å²) < 4.78 is 8.55. The zero-order valence-corrected chi connectivity index (χ0v) is 18.0. The number of amides is 1. The number of nitrogens with zero attached hydrogens (tertiary/aromatic N) is 5. The lowest BCUT2D eigenvalue weighted by atomic mass is 9.89. The second-order valence-corrected chi connectivity index (χ2v) is 9.26. The molecule has 5 heterocycles. The van der Waals surface area contributed by atoms with Crippen LogP contribution in [-0.2, 0) is 9.53 Å². The largest absolute Gasteiger partial charge is 0.356 e. The number of fused-ring (bicyclic) bond motifs is 2. The van der Waals surface area contributed by atoms with Gasteiger partial charge in [0, 0.05) is 37.7 Å². The van der Waals surface area contributed by atoms with Gasteiger partial charge in [-0.15, -0.1) is 0 Å². The number of piperidine rings is 1. The first-order valence-corrected chi connectivity index (χ1v) is 11.1. The summed E-state index contributed by atoms with van der Waals surface area (Å²) in [4.78, 5) is 22.6. The third-order valence-electron chi connectivity index (χ3n) is 7.36. The Morgan fingerprint density at radius 1 is 1.10 bits per heavy atom. The average Bonchev–Trinajstić information content (AvgIpc) is 3.40. The van der Waals surface area contributed by atoms with Crippen molar-refractivity contribution in [3.8, 4) is 0 Å². The normalized spacial score (nSPS) is 27.4. The van der Waals surface area contributed by atoms with Crippen LogP contribution in [0.15, 0.2) is 48.8 Å². The van der Waals surface area contributed by atoms with Gasteiger partial charge >= 0.3 is 0 Å². The van der Waals surface area contributed by atoms with E-state index in [1.54, 1.807) is 0 Å². The number of hydrogen-bond donors (Lipinski definition) is 0. The molecule has 0 aliphatic carbocycles. The van der Waals surface area contributed by atoms with E-state index in [0.717, 1.165) is 43.0 Å². The van der Waals surface area contributed by atoms with E-state index in [2.05, 4.69) is 34.0 Å². The van der Waals surface area contributed by atoms with Crippen LogP contribution < -0.4 is 4.90 Å². The molecule has 3 aliphatic heterocycles. The Hall–Kier alpha value is -2.93. The number of benzene rings is 1. The minimum atomic E-state index is -0.717. The molecule has 7 heteroatoms. The maximum atomic E-state index is 13.8. The maximum absolute atomic E-state index is 13.8. The second-order valence-electron chi connectivity index (χ2n) is 9.26. The highest BCUT2D eigenvalue weighted by atomic mass is 16.6. The highest BCUT2D eigenvalue weighted by Crippen LogP contribution is 2.53. The lowest BCUT2D eigenvalue weighted by Gasteiger charge is -2.38. The van der Waals surface area contributed by atoms with Crippen LogP contribution >= 0.6 is 0 Å². The number of anilines is 1. The van der Waals surface area contributed by atoms with Crippen molar-refractivity contribution in [1.29, 1.82) is 0 Å². The molecule has 0 N–H and O–H groups in total. The van der Waals surface area contributed by atoms with Gasteiger partial charge in [-0.05, 0) is 38.3 Å². The smallest absolute Gasteiger partial charge is 0.257 e. The molecule has 3 fully saturated rings. The van der Waals surface area contributed by atoms with Crippen molar-refractivity contribution in [1.82, 2.24) is 19.5 Å². The summed E-state index contributed by atoms with van der Waals surface area (Å²) in [5.74, 6) is 1.18. The highest BCUT2D eigenvalue weighted by molar-refractivity contribution is 5.89. The van der Waals surface area contributed by atoms with Gasteiger partial charge in [0.15, 0.2) is 11.2 Å². The van der Waals surface area contributed by atoms with Crippen LogP contribution in [0, 0.1) is 6.92 Å². The van der Waals surface area contributed by atoms with Crippen LogP contribution in [0.5, 0.6) is 0 Å². The van der Waals surface area contributed by atoms with Crippen molar-refractivity contribution < 1.29 is 9.53 Å². The molecule has 0 radical (unpaired) electrons. The molecule has 160 valence electrons. The Morgan fingerprint density at radius 3 is 2.65 bits per heavy atom. The number of aromatic nitrogens is 3. The minimum absolute atomic E-state index is 0.1000. The van der Waals surface area contributed by atoms with Gasteiger partial charge in [0.05, 0.1) is 12.2 Å². The quantitative estimate of drug-likeness (QED) is 0.639. The van der Waals surface area contributed by atoms with E-state index < -0.39 is 11.3 Å². The van der Waals surface area contributed by atoms with E-state index in [1.165, 1.54) is 5.56 Å². The standard InChI is InChI=1S/C24H27N5O2/c1-17-16-26-29-20(9-13-25-21(17)29)27-14-11-24(12-15-27)22(30)28-19(8-10-23(28,2)31-24)18-6-4-3-5-7-18/h3-7,9,13,16,19H,8,10-12,14-15H2,1-2H3/t19-,23+/m0/s1. The lowest BCUT2D eigenvalue weighted by Crippen LogP contribution is -2.50. The second kappa shape index (κ2) is 6.53. The molecule has 1 spiro atoms. The third kappa shape index (κ3) is 2.65. The van der Waals surface area contributed by atoms with Gasteiger partial charge < -0.3 is 14.5 Å². The van der Waals surface area contributed by atoms with E-state index >= 15 is 0 Å². The van der Waals surface area contributed by atoms with E-state index in [1.807, 2.05) is 53.0 Å². The first-order chi connectivity index (χ1) is 15.0. The molecule has 2 atom stereocenters. The van der Waals surface area contributed by atoms with Crippen LogP contribution in [0.1, 0.15) is 49.8 Å². The fourth-order valence-corrected chi connectivity index (χ4v) is 5.76. The van der Waals surface area contributed by atoms with Crippen molar-refractivity contribution in [2.45, 2.75) is 56.9 Å². The summed E-state index contributed by atoms with van der Waals surface area (Å²) in [5.41, 5.74) is 1.91. The van der Waals surface area contributed by atoms with Gasteiger partial charge in [0.1, 0.15) is 11.5 Å². The molecule has 3 aromatic rings. The third-order valence-corrected chi connectivity index (χ3v) is 7.36. The van der Waals surface area contributed by atoms with Gasteiger partial charge in [-0.2, -0.15) is 9.61 Å². The molecular formula is C24H27N5O2. The van der Waals surface area contributed by atoms with E-state index in [0.29, 0.717) is 12.8 Å². The van der Waals surface area contributed by atoms with Crippen molar-refractivity contribution in [2.75, 3.05) is 18.0 Å². The van der Waals surface area contributed by atoms with E-state index in [4.69, 9.17) is 4.74 Å². The molecule has 3 aliphatic rings. The van der Waals surface area contributed by atoms with Crippen LogP contribution in [0.3, 0.4) is 0 Å². The van der Waals surface area contributed by atoms with Crippen molar-refractivity contribution in [2.24, 2.45) is 0 Å². The van der Waals surface area contributed by atoms with Gasteiger partial charge in [0.25, 0.3) is 5.91 Å². The summed E-state index contributed by atoms with van der Waals surface area (Å²) in [7, 11) is 0. The Labute approximate surface area is 181 Å². The summed E-state index contributed by atoms with van der Waals surface area (Å²) in [6.45, 7) is 5.62. The summed E-state index contributed by atoms with van der Waals surface area (Å²) >= 11 is 0. The molecule has 0 saturated carbocycles. The molecule has 0 unspecified atom stereocenters. The van der Waals surface area contributed by atoms with Crippen LogP contribution in [0.2, 0.25) is 0 Å². The molecule has 1 amide bonds. The summed E-state index contributed by atoms with van der Waals surface area (Å²) in [5, 5.41) is 4.50. The van der Waals surface area contributed by atoms with Crippen molar-refractivity contribution in [3.63, 3.8) is 0 Å². The Balaban J connectivity index is 1.26. The predicted molar refractivity (Wildman–Crippen MR) is 117 cm³/mol. The van der Waals surface area contributed by atoms with E-state index in [9.17, 15) is 4.79 Å². The summed E-state index contributed by atoms with van der Waals surface area (Å²) in [6, 6.07) is 12.5. The van der Waals surface area contributed by atoms with Crippen LogP contribution in [0.25, 0.3) is 5.65 Å². The molecule has 31 heavy (non-hydrogen) atoms. The molecule has 3 saturated heterocycles. The molecule has 2 aromatic heterocycles. The first-order valence-electron chi connectivity index (χ1n) is 11.1. The van der Waals surface area contributed by atoms with Gasteiger partial charge in [-0.3, -0.25) is 4.79 Å². The minimum Gasteiger partial charge on any atom is -0.356 e. The average molecular weight is 418 g/mol. The fraction of sp³-hybridized carbons (Fsp3) is 0.458. The zero-order chi connectivity index (χ0) is 21.2. The zero-order valence-electron chi connectivity index (χ0n) is 18.0. The number of aryl methyl sites for hydroxylation is 1. The first kappa shape index (κ1) is 18.8. The van der Waals surface area contributed by atoms with Crippen LogP contribution in [-0.4, -0.2) is 49.8 Å². The van der Waals surface area contributed by atoms with E-state index in [-0.39, 0.29) is 11.9 Å². The van der Waals surface area contributed by atoms with Gasteiger partial charge in [-0.25, -0.2) is 4.98 Å². The van der Waals surface area contributed by atoms with Crippen LogP contribution in [0.4, 0.5) is 5.82 Å². The monoisotopic (exact) mass is 417 g/mol. The number of carbonyl (C=O) groups is 1. The molecule has 0 bridgehead atoms. The Bertz CT molecular complexity index is 1150. The van der Waals surface area contributed by atoms with Crippen molar-refractivity contribution in [3.05, 3.63) is 59.9 Å². The highest BCUT2D eigenvalue weighted by Gasteiger charge is 2.63. The number of ether oxygens (including phenoxy) is 1. The molecule has 7 nitrogen and oxygen atoms in total. The molecule has 1 aromatic carbocycles. The van der Waals surface area contributed by atoms with Gasteiger partial charge in [0.2, 0.25) is 0 Å². The van der Waals surface area contributed by atoms with Gasteiger partial charge in [-0.1, -0.05) is 30.3 Å². The molecule has 6 rings (SSSR count).